The Balaban J connectivity index is 2.03. The van der Waals surface area contributed by atoms with E-state index >= 15 is 0 Å². The van der Waals surface area contributed by atoms with Gasteiger partial charge >= 0.3 is 5.97 Å². The number of rotatable bonds is 9. The van der Waals surface area contributed by atoms with Crippen LogP contribution in [0.3, 0.4) is 0 Å². The molecule has 0 saturated heterocycles. The van der Waals surface area contributed by atoms with E-state index in [1.54, 1.807) is 37.4 Å². The summed E-state index contributed by atoms with van der Waals surface area (Å²) in [4.78, 5) is 29.7. The van der Waals surface area contributed by atoms with Gasteiger partial charge in [0, 0.05) is 10.4 Å². The van der Waals surface area contributed by atoms with Crippen LogP contribution in [0.4, 0.5) is 0 Å². The fourth-order valence-electron chi connectivity index (χ4n) is 3.28. The number of methoxy groups -OCH3 is 1. The van der Waals surface area contributed by atoms with Crippen molar-refractivity contribution in [3.8, 4) is 11.5 Å². The second-order valence-electron chi connectivity index (χ2n) is 7.72. The Hall–Kier alpha value is -3.20. The Bertz CT molecular complexity index is 1270. The van der Waals surface area contributed by atoms with E-state index in [-0.39, 0.29) is 11.5 Å². The highest BCUT2D eigenvalue weighted by atomic mass is 79.9. The predicted molar refractivity (Wildman–Crippen MR) is 135 cm³/mol. The molecular formula is C25H28BrN3O5. The number of esters is 1. The Morgan fingerprint density at radius 3 is 2.62 bits per heavy atom. The summed E-state index contributed by atoms with van der Waals surface area (Å²) in [6, 6.07) is 10.6. The minimum absolute atomic E-state index is 0.0347. The lowest BCUT2D eigenvalue weighted by Crippen LogP contribution is -2.25. The van der Waals surface area contributed by atoms with Crippen LogP contribution in [0.5, 0.6) is 11.5 Å². The first kappa shape index (κ1) is 25.4. The van der Waals surface area contributed by atoms with Gasteiger partial charge in [-0.05, 0) is 62.2 Å². The van der Waals surface area contributed by atoms with Crippen molar-refractivity contribution >= 4 is 39.0 Å². The molecule has 0 aliphatic rings. The standard InChI is InChI=1S/C25H28BrN3O5/c1-6-15(3)23-28-20-10-9-18(26)13-19(20)24(30)29(23)27-14-17-8-11-21(22(12-17)33-7-2)34-16(4)25(31)32-5/h8-16H,6-7H2,1-5H3/t15-,16+/m1/s1. The lowest BCUT2D eigenvalue weighted by molar-refractivity contribution is -0.147. The van der Waals surface area contributed by atoms with Gasteiger partial charge in [0.2, 0.25) is 0 Å². The first-order chi connectivity index (χ1) is 16.3. The van der Waals surface area contributed by atoms with Gasteiger partial charge in [0.05, 0.1) is 30.8 Å². The van der Waals surface area contributed by atoms with Gasteiger partial charge < -0.3 is 14.2 Å². The van der Waals surface area contributed by atoms with Crippen molar-refractivity contribution in [2.45, 2.75) is 46.1 Å². The van der Waals surface area contributed by atoms with Gasteiger partial charge in [0.1, 0.15) is 5.82 Å². The molecule has 1 heterocycles. The van der Waals surface area contributed by atoms with Crippen LogP contribution < -0.4 is 15.0 Å². The predicted octanol–water partition coefficient (Wildman–Crippen LogP) is 4.89. The van der Waals surface area contributed by atoms with Gasteiger partial charge in [0.25, 0.3) is 5.56 Å². The number of hydrogen-bond donors (Lipinski definition) is 0. The number of carbonyl (C=O) groups is 1. The fourth-order valence-corrected chi connectivity index (χ4v) is 3.64. The van der Waals surface area contributed by atoms with E-state index in [9.17, 15) is 9.59 Å². The molecule has 0 radical (unpaired) electrons. The maximum atomic E-state index is 13.3. The molecule has 0 amide bonds. The molecule has 180 valence electrons. The quantitative estimate of drug-likeness (QED) is 0.289. The number of nitrogens with zero attached hydrogens (tertiary/aromatic N) is 3. The van der Waals surface area contributed by atoms with Crippen LogP contribution in [0.25, 0.3) is 10.9 Å². The minimum atomic E-state index is -0.789. The van der Waals surface area contributed by atoms with Gasteiger partial charge in [-0.25, -0.2) is 9.78 Å². The zero-order chi connectivity index (χ0) is 24.8. The van der Waals surface area contributed by atoms with Gasteiger partial charge in [-0.2, -0.15) is 9.78 Å². The molecule has 0 fully saturated rings. The van der Waals surface area contributed by atoms with Crippen LogP contribution >= 0.6 is 15.9 Å². The number of benzene rings is 2. The number of aromatic nitrogens is 2. The average Bonchev–Trinajstić information content (AvgIpc) is 2.84. The van der Waals surface area contributed by atoms with E-state index in [1.165, 1.54) is 11.8 Å². The molecule has 9 heteroatoms. The average molecular weight is 530 g/mol. The van der Waals surface area contributed by atoms with Crippen molar-refractivity contribution in [3.63, 3.8) is 0 Å². The van der Waals surface area contributed by atoms with Gasteiger partial charge in [-0.3, -0.25) is 4.79 Å². The second kappa shape index (κ2) is 11.3. The Morgan fingerprint density at radius 1 is 1.18 bits per heavy atom. The third-order valence-electron chi connectivity index (χ3n) is 5.31. The number of fused-ring (bicyclic) bond motifs is 1. The van der Waals surface area contributed by atoms with E-state index in [1.807, 2.05) is 32.9 Å². The number of ether oxygens (including phenoxy) is 3. The highest BCUT2D eigenvalue weighted by molar-refractivity contribution is 9.10. The second-order valence-corrected chi connectivity index (χ2v) is 8.64. The van der Waals surface area contributed by atoms with E-state index in [0.29, 0.717) is 40.4 Å². The van der Waals surface area contributed by atoms with Crippen LogP contribution in [0.1, 0.15) is 51.4 Å². The third-order valence-corrected chi connectivity index (χ3v) is 5.81. The first-order valence-corrected chi connectivity index (χ1v) is 11.9. The van der Waals surface area contributed by atoms with E-state index < -0.39 is 12.1 Å². The largest absolute Gasteiger partial charge is 0.490 e. The lowest BCUT2D eigenvalue weighted by Gasteiger charge is -2.16. The Labute approximate surface area is 206 Å². The van der Waals surface area contributed by atoms with Crippen LogP contribution in [0.2, 0.25) is 0 Å². The van der Waals surface area contributed by atoms with Crippen molar-refractivity contribution in [3.05, 3.63) is 62.6 Å². The third kappa shape index (κ3) is 5.64. The maximum absolute atomic E-state index is 13.3. The van der Waals surface area contributed by atoms with E-state index in [4.69, 9.17) is 19.2 Å². The van der Waals surface area contributed by atoms with Crippen LogP contribution in [-0.2, 0) is 9.53 Å². The van der Waals surface area contributed by atoms with Gasteiger partial charge in [-0.15, -0.1) is 0 Å². The molecule has 8 nitrogen and oxygen atoms in total. The number of carbonyl (C=O) groups excluding carboxylic acids is 1. The molecule has 34 heavy (non-hydrogen) atoms. The maximum Gasteiger partial charge on any atom is 0.346 e. The van der Waals surface area contributed by atoms with E-state index in [2.05, 4.69) is 21.0 Å². The van der Waals surface area contributed by atoms with Crippen molar-refractivity contribution in [1.82, 2.24) is 9.66 Å². The Kier molecular flexibility index (Phi) is 8.44. The SMILES string of the molecule is CCOc1cc(C=Nn2c([C@H](C)CC)nc3ccc(Br)cc3c2=O)ccc1O[C@@H](C)C(=O)OC. The molecule has 0 bridgehead atoms. The number of hydrogen-bond acceptors (Lipinski definition) is 7. The smallest absolute Gasteiger partial charge is 0.346 e. The zero-order valence-electron chi connectivity index (χ0n) is 19.9. The zero-order valence-corrected chi connectivity index (χ0v) is 21.5. The highest BCUT2D eigenvalue weighted by Gasteiger charge is 2.18. The molecule has 3 rings (SSSR count). The molecule has 0 unspecified atom stereocenters. The summed E-state index contributed by atoms with van der Waals surface area (Å²) in [6.45, 7) is 7.92. The molecule has 3 aromatic rings. The molecule has 0 aliphatic heterocycles. The lowest BCUT2D eigenvalue weighted by atomic mass is 10.1. The summed E-state index contributed by atoms with van der Waals surface area (Å²) in [7, 11) is 1.31. The van der Waals surface area contributed by atoms with Crippen LogP contribution in [0, 0.1) is 0 Å². The molecule has 2 aromatic carbocycles. The van der Waals surface area contributed by atoms with Crippen molar-refractivity contribution in [2.75, 3.05) is 13.7 Å². The van der Waals surface area contributed by atoms with Gasteiger partial charge in [-0.1, -0.05) is 29.8 Å². The van der Waals surface area contributed by atoms with Crippen molar-refractivity contribution in [1.29, 1.82) is 0 Å². The number of halogens is 1. The minimum Gasteiger partial charge on any atom is -0.490 e. The topological polar surface area (TPSA) is 92.0 Å². The Morgan fingerprint density at radius 2 is 1.94 bits per heavy atom. The molecule has 2 atom stereocenters. The molecule has 0 spiro atoms. The van der Waals surface area contributed by atoms with Crippen molar-refractivity contribution < 1.29 is 19.0 Å². The van der Waals surface area contributed by atoms with Crippen LogP contribution in [0.15, 0.2) is 50.8 Å². The normalized spacial score (nSPS) is 13.1. The molecular weight excluding hydrogens is 502 g/mol. The summed E-state index contributed by atoms with van der Waals surface area (Å²) in [5, 5.41) is 4.97. The molecule has 0 N–H and O–H groups in total. The highest BCUT2D eigenvalue weighted by Crippen LogP contribution is 2.29. The van der Waals surface area contributed by atoms with Crippen molar-refractivity contribution in [2.24, 2.45) is 5.10 Å². The summed E-state index contributed by atoms with van der Waals surface area (Å²) in [6.07, 6.45) is 1.60. The summed E-state index contributed by atoms with van der Waals surface area (Å²) in [5.41, 5.74) is 1.09. The summed E-state index contributed by atoms with van der Waals surface area (Å²) >= 11 is 3.42. The van der Waals surface area contributed by atoms with Gasteiger partial charge in [0.15, 0.2) is 17.6 Å². The summed E-state index contributed by atoms with van der Waals surface area (Å²) < 4.78 is 18.3. The monoisotopic (exact) mass is 529 g/mol. The molecule has 1 aromatic heterocycles. The first-order valence-electron chi connectivity index (χ1n) is 11.1. The molecule has 0 aliphatic carbocycles. The van der Waals surface area contributed by atoms with Crippen LogP contribution in [-0.4, -0.2) is 41.7 Å². The molecule has 0 saturated carbocycles. The fraction of sp³-hybridized carbons (Fsp3) is 0.360. The summed E-state index contributed by atoms with van der Waals surface area (Å²) in [5.74, 6) is 1.01. The van der Waals surface area contributed by atoms with E-state index in [0.717, 1.165) is 10.9 Å².